The Kier molecular flexibility index (Phi) is 4.32. The normalized spacial score (nSPS) is 15.2. The number of benzene rings is 1. The molecule has 9 nitrogen and oxygen atoms in total. The van der Waals surface area contributed by atoms with Crippen LogP contribution in [-0.2, 0) is 4.74 Å². The molecule has 0 spiro atoms. The van der Waals surface area contributed by atoms with Crippen molar-refractivity contribution < 1.29 is 14.1 Å². The zero-order valence-electron chi connectivity index (χ0n) is 15.6. The molecule has 10 heteroatoms. The number of aromatic nitrogens is 3. The van der Waals surface area contributed by atoms with E-state index in [1.54, 1.807) is 6.20 Å². The van der Waals surface area contributed by atoms with Crippen molar-refractivity contribution in [1.82, 2.24) is 15.2 Å². The molecular formula is C20H15FN6O3. The lowest BCUT2D eigenvalue weighted by molar-refractivity contribution is -0.385. The summed E-state index contributed by atoms with van der Waals surface area (Å²) in [6.07, 6.45) is 5.98. The molecule has 0 saturated carbocycles. The number of aromatic amines is 1. The van der Waals surface area contributed by atoms with Crippen molar-refractivity contribution in [3.63, 3.8) is 0 Å². The third-order valence-electron chi connectivity index (χ3n) is 5.01. The molecule has 0 amide bonds. The smallest absolute Gasteiger partial charge is 0.283 e. The number of nitro benzene ring substituents is 1. The van der Waals surface area contributed by atoms with E-state index < -0.39 is 16.4 Å². The number of halogens is 1. The predicted molar refractivity (Wildman–Crippen MR) is 108 cm³/mol. The largest absolute Gasteiger partial charge is 0.377 e. The Morgan fingerprint density at radius 2 is 2.17 bits per heavy atom. The number of hydrogen-bond donors (Lipinski definition) is 2. The monoisotopic (exact) mass is 406 g/mol. The summed E-state index contributed by atoms with van der Waals surface area (Å²) in [6.45, 7) is 1.18. The fraction of sp³-hybridized carbons (Fsp3) is 0.150. The Bertz CT molecular complexity index is 1230. The highest BCUT2D eigenvalue weighted by Crippen LogP contribution is 2.38. The van der Waals surface area contributed by atoms with Gasteiger partial charge in [-0.15, -0.1) is 0 Å². The lowest BCUT2D eigenvalue weighted by Gasteiger charge is -2.14. The van der Waals surface area contributed by atoms with Gasteiger partial charge in [-0.25, -0.2) is 14.4 Å². The fourth-order valence-electron chi connectivity index (χ4n) is 3.56. The molecular weight excluding hydrogens is 391 g/mol. The third kappa shape index (κ3) is 3.03. The van der Waals surface area contributed by atoms with Crippen molar-refractivity contribution in [2.75, 3.05) is 18.5 Å². The number of rotatable bonds is 3. The maximum absolute atomic E-state index is 14.6. The first-order valence-corrected chi connectivity index (χ1v) is 9.22. The Morgan fingerprint density at radius 3 is 2.97 bits per heavy atom. The Labute approximate surface area is 169 Å². The summed E-state index contributed by atoms with van der Waals surface area (Å²) >= 11 is 0. The molecule has 0 bridgehead atoms. The van der Waals surface area contributed by atoms with Crippen LogP contribution in [0, 0.1) is 15.9 Å². The third-order valence-corrected chi connectivity index (χ3v) is 5.01. The van der Waals surface area contributed by atoms with E-state index in [0.29, 0.717) is 36.0 Å². The number of nitrogens with zero attached hydrogens (tertiary/aromatic N) is 4. The van der Waals surface area contributed by atoms with Gasteiger partial charge in [0.2, 0.25) is 0 Å². The number of fused-ring (bicyclic) bond motifs is 3. The molecule has 2 aliphatic rings. The molecule has 0 fully saturated rings. The Morgan fingerprint density at radius 1 is 1.27 bits per heavy atom. The summed E-state index contributed by atoms with van der Waals surface area (Å²) < 4.78 is 20.0. The number of ether oxygens (including phenoxy) is 1. The molecule has 4 heterocycles. The van der Waals surface area contributed by atoms with E-state index in [0.717, 1.165) is 23.6 Å². The number of H-pyrrole nitrogens is 1. The van der Waals surface area contributed by atoms with Crippen LogP contribution in [0.15, 0.2) is 47.7 Å². The predicted octanol–water partition coefficient (Wildman–Crippen LogP) is 3.83. The zero-order valence-corrected chi connectivity index (χ0v) is 15.6. The highest BCUT2D eigenvalue weighted by Gasteiger charge is 2.27. The van der Waals surface area contributed by atoms with Gasteiger partial charge in [-0.2, -0.15) is 5.10 Å². The average Bonchev–Trinajstić information content (AvgIpc) is 3.16. The van der Waals surface area contributed by atoms with E-state index in [4.69, 9.17) is 4.74 Å². The lowest BCUT2D eigenvalue weighted by Crippen LogP contribution is -2.16. The van der Waals surface area contributed by atoms with Crippen LogP contribution >= 0.6 is 0 Å². The molecule has 0 atom stereocenters. The number of nitro groups is 1. The molecule has 0 aliphatic carbocycles. The molecule has 2 aliphatic heterocycles. The van der Waals surface area contributed by atoms with E-state index in [1.807, 2.05) is 12.1 Å². The summed E-state index contributed by atoms with van der Waals surface area (Å²) in [6, 6.07) is 5.61. The summed E-state index contributed by atoms with van der Waals surface area (Å²) in [7, 11) is 0. The maximum atomic E-state index is 14.6. The van der Waals surface area contributed by atoms with Crippen molar-refractivity contribution in [3.05, 3.63) is 69.8 Å². The van der Waals surface area contributed by atoms with Gasteiger partial charge in [0.15, 0.2) is 5.82 Å². The molecule has 150 valence electrons. The Hall–Kier alpha value is -3.92. The summed E-state index contributed by atoms with van der Waals surface area (Å²) in [5.74, 6) is -0.464. The minimum atomic E-state index is -0.757. The number of hydrogen-bond acceptors (Lipinski definition) is 7. The zero-order chi connectivity index (χ0) is 20.7. The molecule has 30 heavy (non-hydrogen) atoms. The first-order valence-electron chi connectivity index (χ1n) is 9.22. The second-order valence-electron chi connectivity index (χ2n) is 6.78. The van der Waals surface area contributed by atoms with Crippen LogP contribution in [0.4, 0.5) is 21.6 Å². The highest BCUT2D eigenvalue weighted by atomic mass is 19.1. The summed E-state index contributed by atoms with van der Waals surface area (Å²) in [5, 5.41) is 21.4. The van der Waals surface area contributed by atoms with Gasteiger partial charge in [0.05, 0.1) is 35.7 Å². The van der Waals surface area contributed by atoms with Gasteiger partial charge >= 0.3 is 0 Å². The molecule has 0 radical (unpaired) electrons. The molecule has 2 N–H and O–H groups in total. The first-order chi connectivity index (χ1) is 14.6. The van der Waals surface area contributed by atoms with Crippen LogP contribution in [0.3, 0.4) is 0 Å². The van der Waals surface area contributed by atoms with Crippen molar-refractivity contribution in [3.8, 4) is 11.3 Å². The van der Waals surface area contributed by atoms with Crippen LogP contribution < -0.4 is 5.32 Å². The Balaban J connectivity index is 1.70. The van der Waals surface area contributed by atoms with E-state index in [2.05, 4.69) is 25.5 Å². The second-order valence-corrected chi connectivity index (χ2v) is 6.78. The maximum Gasteiger partial charge on any atom is 0.283 e. The van der Waals surface area contributed by atoms with E-state index >= 15 is 0 Å². The number of anilines is 1. The number of pyridine rings is 1. The molecule has 5 rings (SSSR count). The number of nitrogens with one attached hydrogen (secondary N) is 2. The molecule has 0 saturated heterocycles. The van der Waals surface area contributed by atoms with E-state index in [-0.39, 0.29) is 11.4 Å². The quantitative estimate of drug-likeness (QED) is 0.504. The minimum Gasteiger partial charge on any atom is -0.377 e. The topological polar surface area (TPSA) is 118 Å². The molecule has 2 aromatic heterocycles. The molecule has 0 unspecified atom stereocenters. The van der Waals surface area contributed by atoms with Crippen LogP contribution in [0.25, 0.3) is 16.8 Å². The fourth-order valence-corrected chi connectivity index (χ4v) is 3.56. The van der Waals surface area contributed by atoms with Crippen molar-refractivity contribution in [2.45, 2.75) is 6.42 Å². The van der Waals surface area contributed by atoms with Crippen LogP contribution in [0.5, 0.6) is 0 Å². The van der Waals surface area contributed by atoms with Gasteiger partial charge < -0.3 is 10.1 Å². The van der Waals surface area contributed by atoms with E-state index in [1.165, 1.54) is 18.3 Å². The first kappa shape index (κ1) is 18.1. The highest BCUT2D eigenvalue weighted by molar-refractivity contribution is 6.14. The van der Waals surface area contributed by atoms with Gasteiger partial charge in [-0.05, 0) is 29.7 Å². The SMILES string of the molecule is O=[N+]([O-])c1cccc(F)c1C1=Nc2ncc(C3=CCOCC3)cc2-c2[nH]ncc2N1. The average molecular weight is 406 g/mol. The molecule has 1 aromatic carbocycles. The second kappa shape index (κ2) is 7.16. The van der Waals surface area contributed by atoms with Crippen molar-refractivity contribution in [1.29, 1.82) is 0 Å². The number of aliphatic imine (C=N–C) groups is 1. The van der Waals surface area contributed by atoms with Gasteiger partial charge in [0.25, 0.3) is 5.69 Å². The van der Waals surface area contributed by atoms with Crippen LogP contribution in [0.2, 0.25) is 0 Å². The summed E-state index contributed by atoms with van der Waals surface area (Å²) in [4.78, 5) is 19.7. The molecule has 3 aromatic rings. The minimum absolute atomic E-state index is 0.00766. The van der Waals surface area contributed by atoms with Crippen LogP contribution in [-0.4, -0.2) is 39.2 Å². The van der Waals surface area contributed by atoms with Crippen LogP contribution in [0.1, 0.15) is 17.5 Å². The standard InChI is InChI=1S/C20H15FN6O3/c21-14-2-1-3-16(27(28)29)17(14)20-24-15-10-23-26-18(15)13-8-12(9-22-19(13)25-20)11-4-6-30-7-5-11/h1-4,8-10H,5-7H2,(H,23,26)(H,22,24,25). The lowest BCUT2D eigenvalue weighted by atomic mass is 10.0. The van der Waals surface area contributed by atoms with Gasteiger partial charge in [-0.1, -0.05) is 12.1 Å². The summed E-state index contributed by atoms with van der Waals surface area (Å²) in [5.41, 5.74) is 3.21. The number of amidine groups is 1. The van der Waals surface area contributed by atoms with E-state index in [9.17, 15) is 14.5 Å². The van der Waals surface area contributed by atoms with Crippen molar-refractivity contribution >= 4 is 28.6 Å². The van der Waals surface area contributed by atoms with Gasteiger partial charge in [0, 0.05) is 17.8 Å². The van der Waals surface area contributed by atoms with Crippen molar-refractivity contribution in [2.24, 2.45) is 4.99 Å². The van der Waals surface area contributed by atoms with Gasteiger partial charge in [0.1, 0.15) is 17.2 Å². The van der Waals surface area contributed by atoms with Gasteiger partial charge in [-0.3, -0.25) is 15.2 Å².